The minimum Gasteiger partial charge on any atom is -0.383 e. The highest BCUT2D eigenvalue weighted by Gasteiger charge is 2.27. The van der Waals surface area contributed by atoms with Crippen molar-refractivity contribution in [3.05, 3.63) is 0 Å². The number of hydrogen-bond acceptors (Lipinski definition) is 3. The SMILES string of the molecule is CCNC(=NCC(C)(C)N1CCCCC1)NC(C)COC. The van der Waals surface area contributed by atoms with Gasteiger partial charge in [0.1, 0.15) is 0 Å². The molecule has 0 spiro atoms. The van der Waals surface area contributed by atoms with Crippen LogP contribution in [0.4, 0.5) is 0 Å². The van der Waals surface area contributed by atoms with Crippen LogP contribution in [0.3, 0.4) is 0 Å². The molecule has 5 nitrogen and oxygen atoms in total. The number of hydrogen-bond donors (Lipinski definition) is 2. The molecule has 1 heterocycles. The largest absolute Gasteiger partial charge is 0.383 e. The first-order valence-electron chi connectivity index (χ1n) is 8.28. The molecule has 0 aromatic heterocycles. The lowest BCUT2D eigenvalue weighted by molar-refractivity contribution is 0.102. The summed E-state index contributed by atoms with van der Waals surface area (Å²) >= 11 is 0. The Labute approximate surface area is 130 Å². The third-order valence-corrected chi connectivity index (χ3v) is 3.98. The van der Waals surface area contributed by atoms with E-state index < -0.39 is 0 Å². The van der Waals surface area contributed by atoms with Crippen molar-refractivity contribution in [1.82, 2.24) is 15.5 Å². The monoisotopic (exact) mass is 298 g/mol. The van der Waals surface area contributed by atoms with Crippen molar-refractivity contribution in [2.75, 3.05) is 39.9 Å². The van der Waals surface area contributed by atoms with Crippen molar-refractivity contribution in [3.63, 3.8) is 0 Å². The van der Waals surface area contributed by atoms with Gasteiger partial charge < -0.3 is 15.4 Å². The predicted octanol–water partition coefficient (Wildman–Crippen LogP) is 1.84. The van der Waals surface area contributed by atoms with Gasteiger partial charge in [0, 0.05) is 25.2 Å². The molecule has 1 rings (SSSR count). The van der Waals surface area contributed by atoms with Gasteiger partial charge in [0.05, 0.1) is 13.2 Å². The van der Waals surface area contributed by atoms with E-state index in [9.17, 15) is 0 Å². The zero-order valence-electron chi connectivity index (χ0n) is 14.5. The van der Waals surface area contributed by atoms with Gasteiger partial charge in [-0.05, 0) is 53.6 Å². The summed E-state index contributed by atoms with van der Waals surface area (Å²) < 4.78 is 5.17. The number of aliphatic imine (C=N–C) groups is 1. The highest BCUT2D eigenvalue weighted by atomic mass is 16.5. The predicted molar refractivity (Wildman–Crippen MR) is 90.0 cm³/mol. The second-order valence-corrected chi connectivity index (χ2v) is 6.56. The average molecular weight is 298 g/mol. The Kier molecular flexibility index (Phi) is 8.04. The summed E-state index contributed by atoms with van der Waals surface area (Å²) in [5, 5.41) is 6.70. The van der Waals surface area contributed by atoms with Crippen LogP contribution in [0, 0.1) is 0 Å². The number of rotatable bonds is 7. The van der Waals surface area contributed by atoms with E-state index in [1.165, 1.54) is 32.4 Å². The summed E-state index contributed by atoms with van der Waals surface area (Å²) in [7, 11) is 1.72. The van der Waals surface area contributed by atoms with E-state index in [0.717, 1.165) is 19.0 Å². The summed E-state index contributed by atoms with van der Waals surface area (Å²) in [6.45, 7) is 13.5. The summed E-state index contributed by atoms with van der Waals surface area (Å²) in [6, 6.07) is 0.255. The van der Waals surface area contributed by atoms with E-state index in [0.29, 0.717) is 6.61 Å². The summed E-state index contributed by atoms with van der Waals surface area (Å²) in [4.78, 5) is 7.35. The molecule has 0 aromatic carbocycles. The van der Waals surface area contributed by atoms with Crippen LogP contribution in [-0.4, -0.2) is 62.3 Å². The zero-order valence-corrected chi connectivity index (χ0v) is 14.5. The van der Waals surface area contributed by atoms with Gasteiger partial charge in [-0.25, -0.2) is 0 Å². The van der Waals surface area contributed by atoms with Gasteiger partial charge in [-0.2, -0.15) is 0 Å². The van der Waals surface area contributed by atoms with Crippen molar-refractivity contribution < 1.29 is 4.74 Å². The van der Waals surface area contributed by atoms with Crippen LogP contribution in [0.15, 0.2) is 4.99 Å². The molecule has 1 aliphatic rings. The summed E-state index contributed by atoms with van der Waals surface area (Å²) in [6.07, 6.45) is 4.00. The third kappa shape index (κ3) is 6.66. The maximum absolute atomic E-state index is 5.17. The van der Waals surface area contributed by atoms with Crippen LogP contribution >= 0.6 is 0 Å². The molecule has 1 unspecified atom stereocenters. The molecular weight excluding hydrogens is 264 g/mol. The van der Waals surface area contributed by atoms with E-state index in [1.54, 1.807) is 7.11 Å². The molecule has 1 saturated heterocycles. The average Bonchev–Trinajstić information content (AvgIpc) is 2.46. The Hall–Kier alpha value is -0.810. The molecule has 1 fully saturated rings. The Morgan fingerprint density at radius 3 is 2.52 bits per heavy atom. The van der Waals surface area contributed by atoms with E-state index in [-0.39, 0.29) is 11.6 Å². The quantitative estimate of drug-likeness (QED) is 0.556. The molecule has 0 amide bonds. The van der Waals surface area contributed by atoms with E-state index in [4.69, 9.17) is 9.73 Å². The van der Waals surface area contributed by atoms with Crippen LogP contribution in [0.2, 0.25) is 0 Å². The molecular formula is C16H34N4O. The highest BCUT2D eigenvalue weighted by Crippen LogP contribution is 2.20. The normalized spacial score (nSPS) is 19.4. The van der Waals surface area contributed by atoms with Crippen molar-refractivity contribution in [1.29, 1.82) is 0 Å². The van der Waals surface area contributed by atoms with Crippen molar-refractivity contribution in [2.24, 2.45) is 4.99 Å². The summed E-state index contributed by atoms with van der Waals surface area (Å²) in [5.74, 6) is 0.882. The Balaban J connectivity index is 2.58. The standard InChI is InChI=1S/C16H34N4O/c1-6-17-15(19-14(2)12-21-5)18-13-16(3,4)20-10-8-7-9-11-20/h14H,6-13H2,1-5H3,(H2,17,18,19). The van der Waals surface area contributed by atoms with Crippen molar-refractivity contribution >= 4 is 5.96 Å². The first-order chi connectivity index (χ1) is 9.99. The third-order valence-electron chi connectivity index (χ3n) is 3.98. The molecule has 0 saturated carbocycles. The number of methoxy groups -OCH3 is 1. The van der Waals surface area contributed by atoms with Gasteiger partial charge in [0.25, 0.3) is 0 Å². The Morgan fingerprint density at radius 2 is 1.95 bits per heavy atom. The van der Waals surface area contributed by atoms with Crippen LogP contribution in [-0.2, 0) is 4.74 Å². The van der Waals surface area contributed by atoms with Gasteiger partial charge in [0.15, 0.2) is 5.96 Å². The molecule has 0 aromatic rings. The molecule has 124 valence electrons. The van der Waals surface area contributed by atoms with E-state index in [2.05, 4.69) is 43.2 Å². The molecule has 21 heavy (non-hydrogen) atoms. The molecule has 0 bridgehead atoms. The minimum atomic E-state index is 0.118. The number of guanidine groups is 1. The van der Waals surface area contributed by atoms with E-state index >= 15 is 0 Å². The molecule has 2 N–H and O–H groups in total. The van der Waals surface area contributed by atoms with Gasteiger partial charge in [-0.1, -0.05) is 6.42 Å². The number of piperidine rings is 1. The Bertz CT molecular complexity index is 311. The van der Waals surface area contributed by atoms with Gasteiger partial charge >= 0.3 is 0 Å². The second-order valence-electron chi connectivity index (χ2n) is 6.56. The number of likely N-dealkylation sites (tertiary alicyclic amines) is 1. The second kappa shape index (κ2) is 9.26. The van der Waals surface area contributed by atoms with Gasteiger partial charge in [-0.3, -0.25) is 9.89 Å². The zero-order chi connectivity index (χ0) is 15.7. The van der Waals surface area contributed by atoms with E-state index in [1.807, 2.05) is 0 Å². The lowest BCUT2D eigenvalue weighted by atomic mass is 9.99. The molecule has 1 atom stereocenters. The lowest BCUT2D eigenvalue weighted by Crippen LogP contribution is -2.50. The van der Waals surface area contributed by atoms with Crippen LogP contribution < -0.4 is 10.6 Å². The molecule has 0 aliphatic carbocycles. The summed E-state index contributed by atoms with van der Waals surface area (Å²) in [5.41, 5.74) is 0.118. The van der Waals surface area contributed by atoms with Crippen LogP contribution in [0.1, 0.15) is 47.0 Å². The number of ether oxygens (including phenoxy) is 1. The fourth-order valence-corrected chi connectivity index (χ4v) is 2.72. The topological polar surface area (TPSA) is 48.9 Å². The number of nitrogens with zero attached hydrogens (tertiary/aromatic N) is 2. The smallest absolute Gasteiger partial charge is 0.191 e. The van der Waals surface area contributed by atoms with Gasteiger partial charge in [0.2, 0.25) is 0 Å². The molecule has 5 heteroatoms. The first-order valence-corrected chi connectivity index (χ1v) is 8.28. The molecule has 0 radical (unpaired) electrons. The van der Waals surface area contributed by atoms with Crippen molar-refractivity contribution in [3.8, 4) is 0 Å². The highest BCUT2D eigenvalue weighted by molar-refractivity contribution is 5.80. The van der Waals surface area contributed by atoms with Crippen molar-refractivity contribution in [2.45, 2.75) is 58.5 Å². The number of nitrogens with one attached hydrogen (secondary N) is 2. The maximum Gasteiger partial charge on any atom is 0.191 e. The Morgan fingerprint density at radius 1 is 1.29 bits per heavy atom. The van der Waals surface area contributed by atoms with Crippen LogP contribution in [0.5, 0.6) is 0 Å². The lowest BCUT2D eigenvalue weighted by Gasteiger charge is -2.40. The van der Waals surface area contributed by atoms with Gasteiger partial charge in [-0.15, -0.1) is 0 Å². The fraction of sp³-hybridized carbons (Fsp3) is 0.938. The van der Waals surface area contributed by atoms with Crippen LogP contribution in [0.25, 0.3) is 0 Å². The minimum absolute atomic E-state index is 0.118. The maximum atomic E-state index is 5.17. The fourth-order valence-electron chi connectivity index (χ4n) is 2.72. The first kappa shape index (κ1) is 18.2. The molecule has 1 aliphatic heterocycles.